The molecular formula is C30H33Cl2F6N4O2Y-. The van der Waals surface area contributed by atoms with Crippen LogP contribution in [0.1, 0.15) is 43.4 Å². The van der Waals surface area contributed by atoms with Crippen molar-refractivity contribution in [1.82, 2.24) is 14.7 Å². The Labute approximate surface area is 293 Å². The predicted molar refractivity (Wildman–Crippen MR) is 156 cm³/mol. The van der Waals surface area contributed by atoms with Gasteiger partial charge in [-0.1, -0.05) is 29.3 Å². The van der Waals surface area contributed by atoms with Gasteiger partial charge in [0.05, 0.1) is 27.2 Å². The number of piperazine rings is 1. The molecule has 2 aromatic rings. The second kappa shape index (κ2) is 15.1. The van der Waals surface area contributed by atoms with Crippen LogP contribution in [0.2, 0.25) is 10.0 Å². The topological polar surface area (TPSA) is 47.1 Å². The first-order chi connectivity index (χ1) is 20.5. The maximum absolute atomic E-state index is 13.8. The second-order valence-electron chi connectivity index (χ2n) is 11.4. The van der Waals surface area contributed by atoms with Gasteiger partial charge < -0.3 is 14.7 Å². The van der Waals surface area contributed by atoms with E-state index < -0.39 is 41.2 Å². The molecule has 15 heteroatoms. The number of benzene rings is 2. The monoisotopic (exact) mass is 754 g/mol. The Morgan fingerprint density at radius 1 is 0.889 bits per heavy atom. The fourth-order valence-corrected chi connectivity index (χ4v) is 6.01. The summed E-state index contributed by atoms with van der Waals surface area (Å²) < 4.78 is 81.1. The number of hydrogen-bond donors (Lipinski definition) is 0. The fourth-order valence-electron chi connectivity index (χ4n) is 5.69. The number of alkyl halides is 6. The van der Waals surface area contributed by atoms with E-state index >= 15 is 0 Å². The minimum atomic E-state index is -5.06. The molecule has 2 aliphatic rings. The summed E-state index contributed by atoms with van der Waals surface area (Å²) in [5, 5.41) is 0.598. The van der Waals surface area contributed by atoms with E-state index in [1.54, 1.807) is 23.1 Å². The van der Waals surface area contributed by atoms with Crippen molar-refractivity contribution in [3.8, 4) is 0 Å². The van der Waals surface area contributed by atoms with Crippen molar-refractivity contribution in [3.63, 3.8) is 0 Å². The molecule has 0 saturated carbocycles. The number of urea groups is 1. The molecule has 2 heterocycles. The van der Waals surface area contributed by atoms with Gasteiger partial charge in [0.1, 0.15) is 0 Å². The molecule has 2 aliphatic heterocycles. The Morgan fingerprint density at radius 2 is 1.47 bits per heavy atom. The quantitative estimate of drug-likeness (QED) is 0.233. The van der Waals surface area contributed by atoms with E-state index in [0.717, 1.165) is 25.0 Å². The standard InChI is InChI=1S/C30H33Cl2F6N4O2.Y/c1-18(2)40-8-6-20(7-9-40)27(43)41-10-11-42(24(17-41)12-19-4-5-25(31)26(32)13-19)28(44)39(3)23-15-21(29(33,34)35)14-22(16-23)30(36,37)38;/h4-5,13-16,20,24H,6-12,17H2,1-3H3;/q-1;/t24-;/m1./s1. The van der Waals surface area contributed by atoms with Gasteiger partial charge in [0.15, 0.2) is 0 Å². The number of hydrogen-bond acceptors (Lipinski definition) is 3. The summed E-state index contributed by atoms with van der Waals surface area (Å²) in [5.74, 6) is -0.224. The van der Waals surface area contributed by atoms with Gasteiger partial charge in [0, 0.05) is 71.0 Å². The molecule has 0 aliphatic carbocycles. The van der Waals surface area contributed by atoms with Gasteiger partial charge in [-0.15, -0.1) is 0 Å². The van der Waals surface area contributed by atoms with E-state index in [4.69, 9.17) is 23.2 Å². The molecule has 2 fully saturated rings. The molecular weight excluding hydrogens is 722 g/mol. The van der Waals surface area contributed by atoms with Gasteiger partial charge in [-0.25, -0.2) is 4.79 Å². The third kappa shape index (κ3) is 9.27. The van der Waals surface area contributed by atoms with Crippen LogP contribution >= 0.6 is 23.2 Å². The molecule has 0 unspecified atom stereocenters. The van der Waals surface area contributed by atoms with E-state index in [1.165, 1.54) is 10.9 Å². The fraction of sp³-hybridized carbons (Fsp3) is 0.500. The van der Waals surface area contributed by atoms with Crippen LogP contribution in [0.3, 0.4) is 0 Å². The summed E-state index contributed by atoms with van der Waals surface area (Å²) >= 11 is 12.3. The van der Waals surface area contributed by atoms with Gasteiger partial charge in [0.25, 0.3) is 0 Å². The van der Waals surface area contributed by atoms with Gasteiger partial charge in [-0.2, -0.15) is 40.2 Å². The molecule has 2 aromatic carbocycles. The molecule has 0 bridgehead atoms. The van der Waals surface area contributed by atoms with Crippen molar-refractivity contribution in [3.05, 3.63) is 69.2 Å². The minimum Gasteiger partial charge on any atom is -0.454 e. The van der Waals surface area contributed by atoms with Crippen molar-refractivity contribution in [2.45, 2.75) is 51.5 Å². The Kier molecular flexibility index (Phi) is 12.7. The number of piperidine rings is 1. The molecule has 6 nitrogen and oxygen atoms in total. The van der Waals surface area contributed by atoms with Gasteiger partial charge in [-0.05, 0) is 68.2 Å². The van der Waals surface area contributed by atoms with Gasteiger partial charge >= 0.3 is 18.4 Å². The Balaban J connectivity index is 0.00000552. The minimum absolute atomic E-state index is 0. The normalized spacial score (nSPS) is 18.6. The van der Waals surface area contributed by atoms with E-state index in [1.807, 2.05) is 13.8 Å². The van der Waals surface area contributed by atoms with Crippen molar-refractivity contribution in [2.75, 3.05) is 44.7 Å². The van der Waals surface area contributed by atoms with Crippen LogP contribution in [0.4, 0.5) is 36.8 Å². The third-order valence-electron chi connectivity index (χ3n) is 8.22. The van der Waals surface area contributed by atoms with Gasteiger partial charge in [0.2, 0.25) is 5.91 Å². The maximum atomic E-state index is 13.8. The molecule has 4 rings (SSSR count). The predicted octanol–water partition coefficient (Wildman–Crippen LogP) is 7.62. The number of rotatable bonds is 5. The third-order valence-corrected chi connectivity index (χ3v) is 8.96. The van der Waals surface area contributed by atoms with E-state index in [0.29, 0.717) is 35.6 Å². The Morgan fingerprint density at radius 3 is 1.98 bits per heavy atom. The number of halogens is 8. The van der Waals surface area contributed by atoms with Crippen LogP contribution in [-0.2, 0) is 56.3 Å². The van der Waals surface area contributed by atoms with Gasteiger partial charge in [-0.3, -0.25) is 15.7 Å². The van der Waals surface area contributed by atoms with Crippen molar-refractivity contribution >= 4 is 40.8 Å². The summed E-state index contributed by atoms with van der Waals surface area (Å²) in [5.41, 5.74) is -2.91. The SMILES string of the molecule is C[C-](C)N1CCC(C(=O)N2CCN(C(=O)N(C)c3cc(C(F)(F)F)cc(C(F)(F)F)c3)[C@H](Cc3ccc(Cl)c(Cl)c3)C2)CC1.[Y]. The van der Waals surface area contributed by atoms with E-state index in [-0.39, 0.29) is 81.7 Å². The zero-order chi connectivity index (χ0) is 32.6. The first-order valence-electron chi connectivity index (χ1n) is 14.1. The second-order valence-corrected chi connectivity index (χ2v) is 12.2. The molecule has 2 saturated heterocycles. The van der Waals surface area contributed by atoms with Crippen molar-refractivity contribution in [2.24, 2.45) is 5.92 Å². The van der Waals surface area contributed by atoms with Crippen molar-refractivity contribution < 1.29 is 68.6 Å². The molecule has 0 spiro atoms. The summed E-state index contributed by atoms with van der Waals surface area (Å²) in [7, 11) is 1.13. The molecule has 1 atom stereocenters. The zero-order valence-electron chi connectivity index (χ0n) is 25.0. The average Bonchev–Trinajstić information content (AvgIpc) is 2.96. The summed E-state index contributed by atoms with van der Waals surface area (Å²) in [4.78, 5) is 33.4. The van der Waals surface area contributed by atoms with Crippen LogP contribution in [0, 0.1) is 12.0 Å². The van der Waals surface area contributed by atoms with Crippen LogP contribution < -0.4 is 4.90 Å². The first-order valence-corrected chi connectivity index (χ1v) is 14.8. The number of carbonyl (C=O) groups is 2. The Hall–Kier alpha value is -1.60. The number of likely N-dealkylation sites (tertiary alicyclic amines) is 1. The summed E-state index contributed by atoms with van der Waals surface area (Å²) in [6, 6.07) is 5.72. The van der Waals surface area contributed by atoms with Crippen molar-refractivity contribution in [1.29, 1.82) is 0 Å². The zero-order valence-corrected chi connectivity index (χ0v) is 29.3. The van der Waals surface area contributed by atoms with Crippen LogP contribution in [0.5, 0.6) is 0 Å². The number of carbonyl (C=O) groups excluding carboxylic acids is 2. The van der Waals surface area contributed by atoms with E-state index in [2.05, 4.69) is 4.90 Å². The molecule has 1 radical (unpaired) electrons. The summed E-state index contributed by atoms with van der Waals surface area (Å²) in [6.45, 7) is 5.89. The van der Waals surface area contributed by atoms with Crippen LogP contribution in [-0.4, -0.2) is 72.5 Å². The number of nitrogens with zero attached hydrogens (tertiary/aromatic N) is 4. The molecule has 245 valence electrons. The molecule has 0 N–H and O–H groups in total. The average molecular weight is 755 g/mol. The molecule has 3 amide bonds. The Bertz CT molecular complexity index is 1340. The number of amides is 3. The summed E-state index contributed by atoms with van der Waals surface area (Å²) in [6.07, 6.45) is -8.54. The van der Waals surface area contributed by atoms with Crippen LogP contribution in [0.15, 0.2) is 36.4 Å². The molecule has 45 heavy (non-hydrogen) atoms. The maximum Gasteiger partial charge on any atom is 0.416 e. The molecule has 0 aromatic heterocycles. The van der Waals surface area contributed by atoms with Crippen LogP contribution in [0.25, 0.3) is 0 Å². The first kappa shape index (κ1) is 37.9. The number of anilines is 1. The smallest absolute Gasteiger partial charge is 0.416 e. The van der Waals surface area contributed by atoms with E-state index in [9.17, 15) is 35.9 Å². The largest absolute Gasteiger partial charge is 0.454 e.